The number of hydrogen-bond acceptors (Lipinski definition) is 2. The highest BCUT2D eigenvalue weighted by molar-refractivity contribution is 9.10. The Hall–Kier alpha value is -0.380. The number of benzene rings is 1. The minimum absolute atomic E-state index is 0.379. The van der Waals surface area contributed by atoms with Crippen LogP contribution in [-0.4, -0.2) is 19.3 Å². The molecule has 0 aliphatic heterocycles. The van der Waals surface area contributed by atoms with Gasteiger partial charge < -0.3 is 10.1 Å². The molecule has 1 fully saturated rings. The van der Waals surface area contributed by atoms with E-state index in [1.165, 1.54) is 24.8 Å². The molecular formula is C14H20BrNO. The highest BCUT2D eigenvalue weighted by Crippen LogP contribution is 2.25. The van der Waals surface area contributed by atoms with Crippen LogP contribution in [0, 0.1) is 0 Å². The molecule has 0 saturated heterocycles. The Balaban J connectivity index is 1.96. The SMILES string of the molecule is COC1CCCC1NC(C)c1ccc(Br)cc1. The maximum atomic E-state index is 5.51. The molecule has 17 heavy (non-hydrogen) atoms. The second-order valence-electron chi connectivity index (χ2n) is 4.75. The lowest BCUT2D eigenvalue weighted by Gasteiger charge is -2.24. The van der Waals surface area contributed by atoms with Crippen molar-refractivity contribution in [3.05, 3.63) is 34.3 Å². The Kier molecular flexibility index (Phi) is 4.60. The van der Waals surface area contributed by atoms with Gasteiger partial charge in [-0.05, 0) is 43.9 Å². The maximum Gasteiger partial charge on any atom is 0.0724 e. The van der Waals surface area contributed by atoms with Gasteiger partial charge in [-0.3, -0.25) is 0 Å². The lowest BCUT2D eigenvalue weighted by Crippen LogP contribution is -2.38. The third-order valence-corrected chi connectivity index (χ3v) is 4.12. The summed E-state index contributed by atoms with van der Waals surface area (Å²) in [5, 5.41) is 3.68. The Morgan fingerprint density at radius 2 is 2.00 bits per heavy atom. The monoisotopic (exact) mass is 297 g/mol. The van der Waals surface area contributed by atoms with Crippen LogP contribution in [0.1, 0.15) is 37.8 Å². The fourth-order valence-corrected chi connectivity index (χ4v) is 2.83. The fourth-order valence-electron chi connectivity index (χ4n) is 2.57. The molecule has 2 rings (SSSR count). The first kappa shape index (κ1) is 13.1. The standard InChI is InChI=1S/C14H20BrNO/c1-10(11-6-8-12(15)9-7-11)16-13-4-3-5-14(13)17-2/h6-10,13-14,16H,3-5H2,1-2H3. The Bertz CT molecular complexity index is 352. The zero-order valence-corrected chi connectivity index (χ0v) is 12.0. The molecule has 3 unspecified atom stereocenters. The van der Waals surface area contributed by atoms with Gasteiger partial charge in [-0.15, -0.1) is 0 Å². The molecule has 0 radical (unpaired) electrons. The van der Waals surface area contributed by atoms with E-state index < -0.39 is 0 Å². The van der Waals surface area contributed by atoms with E-state index in [9.17, 15) is 0 Å². The van der Waals surface area contributed by atoms with Gasteiger partial charge >= 0.3 is 0 Å². The second-order valence-corrected chi connectivity index (χ2v) is 5.67. The van der Waals surface area contributed by atoms with Crippen LogP contribution in [0.15, 0.2) is 28.7 Å². The average Bonchev–Trinajstić information content (AvgIpc) is 2.77. The summed E-state index contributed by atoms with van der Waals surface area (Å²) in [5.41, 5.74) is 1.33. The molecule has 1 N–H and O–H groups in total. The molecule has 0 aromatic heterocycles. The summed E-state index contributed by atoms with van der Waals surface area (Å²) >= 11 is 3.46. The van der Waals surface area contributed by atoms with Gasteiger partial charge in [0.1, 0.15) is 0 Å². The molecule has 1 aromatic rings. The van der Waals surface area contributed by atoms with E-state index in [0.29, 0.717) is 18.2 Å². The van der Waals surface area contributed by atoms with Crippen LogP contribution in [0.4, 0.5) is 0 Å². The Morgan fingerprint density at radius 1 is 1.29 bits per heavy atom. The summed E-state index contributed by atoms with van der Waals surface area (Å²) in [6, 6.07) is 9.39. The van der Waals surface area contributed by atoms with E-state index in [1.807, 2.05) is 7.11 Å². The van der Waals surface area contributed by atoms with Crippen molar-refractivity contribution >= 4 is 15.9 Å². The van der Waals surface area contributed by atoms with Crippen molar-refractivity contribution in [2.75, 3.05) is 7.11 Å². The molecule has 94 valence electrons. The number of ether oxygens (including phenoxy) is 1. The summed E-state index contributed by atoms with van der Waals surface area (Å²) in [6.07, 6.45) is 4.05. The van der Waals surface area contributed by atoms with Crippen LogP contribution in [0.3, 0.4) is 0 Å². The molecule has 2 nitrogen and oxygen atoms in total. The van der Waals surface area contributed by atoms with E-state index in [2.05, 4.69) is 52.4 Å². The predicted octanol–water partition coefficient (Wildman–Crippen LogP) is 3.67. The van der Waals surface area contributed by atoms with Crippen LogP contribution < -0.4 is 5.32 Å². The molecule has 0 heterocycles. The van der Waals surface area contributed by atoms with Gasteiger partial charge in [-0.2, -0.15) is 0 Å². The minimum atomic E-state index is 0.379. The zero-order valence-electron chi connectivity index (χ0n) is 10.4. The van der Waals surface area contributed by atoms with Gasteiger partial charge in [0.05, 0.1) is 6.10 Å². The predicted molar refractivity (Wildman–Crippen MR) is 74.1 cm³/mol. The lowest BCUT2D eigenvalue weighted by molar-refractivity contribution is 0.0820. The van der Waals surface area contributed by atoms with Crippen LogP contribution in [0.25, 0.3) is 0 Å². The molecule has 1 aliphatic rings. The highest BCUT2D eigenvalue weighted by Gasteiger charge is 2.28. The highest BCUT2D eigenvalue weighted by atomic mass is 79.9. The summed E-state index contributed by atoms with van der Waals surface area (Å²) in [5.74, 6) is 0. The third-order valence-electron chi connectivity index (χ3n) is 3.59. The van der Waals surface area contributed by atoms with Crippen LogP contribution >= 0.6 is 15.9 Å². The van der Waals surface area contributed by atoms with E-state index in [4.69, 9.17) is 4.74 Å². The van der Waals surface area contributed by atoms with Crippen molar-refractivity contribution < 1.29 is 4.74 Å². The third kappa shape index (κ3) is 3.30. The van der Waals surface area contributed by atoms with Gasteiger partial charge in [-0.1, -0.05) is 28.1 Å². The molecule has 1 saturated carbocycles. The molecule has 3 heteroatoms. The normalized spacial score (nSPS) is 26.1. The van der Waals surface area contributed by atoms with Crippen molar-refractivity contribution in [1.82, 2.24) is 5.32 Å². The number of hydrogen-bond donors (Lipinski definition) is 1. The van der Waals surface area contributed by atoms with E-state index >= 15 is 0 Å². The van der Waals surface area contributed by atoms with Crippen LogP contribution in [0.2, 0.25) is 0 Å². The topological polar surface area (TPSA) is 21.3 Å². The maximum absolute atomic E-state index is 5.51. The Labute approximate surface area is 112 Å². The lowest BCUT2D eigenvalue weighted by atomic mass is 10.1. The summed E-state index contributed by atoms with van der Waals surface area (Å²) in [6.45, 7) is 2.22. The molecule has 1 aromatic carbocycles. The average molecular weight is 298 g/mol. The van der Waals surface area contributed by atoms with Crippen LogP contribution in [-0.2, 0) is 4.74 Å². The Morgan fingerprint density at radius 3 is 2.65 bits per heavy atom. The van der Waals surface area contributed by atoms with Crippen molar-refractivity contribution in [2.24, 2.45) is 0 Å². The van der Waals surface area contributed by atoms with Gasteiger partial charge in [0.2, 0.25) is 0 Å². The van der Waals surface area contributed by atoms with E-state index in [-0.39, 0.29) is 0 Å². The van der Waals surface area contributed by atoms with Gasteiger partial charge in [0.15, 0.2) is 0 Å². The number of methoxy groups -OCH3 is 1. The summed E-state index contributed by atoms with van der Waals surface area (Å²) in [7, 11) is 1.81. The molecule has 0 spiro atoms. The van der Waals surface area contributed by atoms with Crippen molar-refractivity contribution in [2.45, 2.75) is 44.4 Å². The molecular weight excluding hydrogens is 278 g/mol. The second kappa shape index (κ2) is 5.98. The van der Waals surface area contributed by atoms with Gasteiger partial charge in [0.25, 0.3) is 0 Å². The molecule has 1 aliphatic carbocycles. The first-order valence-electron chi connectivity index (χ1n) is 6.25. The van der Waals surface area contributed by atoms with E-state index in [1.54, 1.807) is 0 Å². The number of halogens is 1. The van der Waals surface area contributed by atoms with E-state index in [0.717, 1.165) is 4.47 Å². The first-order chi connectivity index (χ1) is 8.20. The largest absolute Gasteiger partial charge is 0.380 e. The molecule has 0 amide bonds. The number of nitrogens with one attached hydrogen (secondary N) is 1. The van der Waals surface area contributed by atoms with Crippen molar-refractivity contribution in [3.8, 4) is 0 Å². The zero-order chi connectivity index (χ0) is 12.3. The first-order valence-corrected chi connectivity index (χ1v) is 7.04. The minimum Gasteiger partial charge on any atom is -0.380 e. The van der Waals surface area contributed by atoms with Gasteiger partial charge in [-0.25, -0.2) is 0 Å². The number of rotatable bonds is 4. The quantitative estimate of drug-likeness (QED) is 0.916. The fraction of sp³-hybridized carbons (Fsp3) is 0.571. The smallest absolute Gasteiger partial charge is 0.0724 e. The summed E-state index contributed by atoms with van der Waals surface area (Å²) in [4.78, 5) is 0. The molecule has 0 bridgehead atoms. The van der Waals surface area contributed by atoms with Gasteiger partial charge in [0, 0.05) is 23.7 Å². The van der Waals surface area contributed by atoms with Crippen molar-refractivity contribution in [1.29, 1.82) is 0 Å². The summed E-state index contributed by atoms with van der Waals surface area (Å²) < 4.78 is 6.64. The van der Waals surface area contributed by atoms with Crippen LogP contribution in [0.5, 0.6) is 0 Å². The van der Waals surface area contributed by atoms with Crippen molar-refractivity contribution in [3.63, 3.8) is 0 Å². The molecule has 3 atom stereocenters.